The van der Waals surface area contributed by atoms with Gasteiger partial charge in [-0.05, 0) is 18.4 Å². The zero-order valence-corrected chi connectivity index (χ0v) is 15.5. The molecule has 0 unspecified atom stereocenters. The molecule has 1 atom stereocenters. The Hall–Kier alpha value is -2.22. The van der Waals surface area contributed by atoms with Gasteiger partial charge in [-0.2, -0.15) is 0 Å². The molecule has 4 rings (SSSR count). The van der Waals surface area contributed by atoms with Crippen LogP contribution in [-0.2, 0) is 27.5 Å². The highest BCUT2D eigenvalue weighted by Gasteiger charge is 2.34. The molecular weight excluding hydrogens is 344 g/mol. The van der Waals surface area contributed by atoms with Gasteiger partial charge in [0, 0.05) is 32.4 Å². The van der Waals surface area contributed by atoms with Gasteiger partial charge in [0.15, 0.2) is 0 Å². The molecule has 1 saturated heterocycles. The first-order chi connectivity index (χ1) is 13.3. The molecule has 27 heavy (non-hydrogen) atoms. The Morgan fingerprint density at radius 1 is 1.26 bits per heavy atom. The van der Waals surface area contributed by atoms with E-state index in [9.17, 15) is 4.79 Å². The molecule has 144 valence electrons. The van der Waals surface area contributed by atoms with E-state index >= 15 is 0 Å². The summed E-state index contributed by atoms with van der Waals surface area (Å²) >= 11 is 0. The van der Waals surface area contributed by atoms with E-state index in [4.69, 9.17) is 9.57 Å². The molecule has 7 heteroatoms. The molecule has 0 bridgehead atoms. The van der Waals surface area contributed by atoms with Gasteiger partial charge < -0.3 is 9.30 Å². The van der Waals surface area contributed by atoms with Crippen LogP contribution in [0.3, 0.4) is 0 Å². The molecule has 1 amide bonds. The van der Waals surface area contributed by atoms with E-state index < -0.39 is 0 Å². The normalized spacial score (nSPS) is 20.4. The van der Waals surface area contributed by atoms with E-state index in [0.717, 1.165) is 31.6 Å². The summed E-state index contributed by atoms with van der Waals surface area (Å²) in [6.45, 7) is 4.73. The second kappa shape index (κ2) is 8.65. The van der Waals surface area contributed by atoms with E-state index in [2.05, 4.69) is 22.0 Å². The fraction of sp³-hybridized carbons (Fsp3) is 0.500. The van der Waals surface area contributed by atoms with Gasteiger partial charge in [0.05, 0.1) is 31.8 Å². The van der Waals surface area contributed by atoms with Gasteiger partial charge in [-0.3, -0.25) is 14.5 Å². The fourth-order valence-corrected chi connectivity index (χ4v) is 3.62. The van der Waals surface area contributed by atoms with Crippen molar-refractivity contribution in [3.05, 3.63) is 54.1 Å². The number of nitrogens with zero attached hydrogens (tertiary/aromatic N) is 4. The van der Waals surface area contributed by atoms with E-state index in [0.29, 0.717) is 32.9 Å². The van der Waals surface area contributed by atoms with E-state index in [-0.39, 0.29) is 11.9 Å². The third kappa shape index (κ3) is 4.37. The first-order valence-electron chi connectivity index (χ1n) is 9.60. The maximum atomic E-state index is 13.0. The lowest BCUT2D eigenvalue weighted by atomic mass is 10.1. The number of carbonyl (C=O) groups is 1. The SMILES string of the molecule is O=C([C@@H]1CN(CCOCc2ccccc2)Cc2cncn21)N1CCCCO1. The Morgan fingerprint density at radius 2 is 2.15 bits per heavy atom. The second-order valence-electron chi connectivity index (χ2n) is 7.06. The summed E-state index contributed by atoms with van der Waals surface area (Å²) in [6.07, 6.45) is 5.60. The molecule has 0 aliphatic carbocycles. The summed E-state index contributed by atoms with van der Waals surface area (Å²) < 4.78 is 7.81. The van der Waals surface area contributed by atoms with E-state index in [1.807, 2.05) is 29.0 Å². The minimum absolute atomic E-state index is 0.0175. The van der Waals surface area contributed by atoms with Crippen LogP contribution in [0.1, 0.15) is 30.1 Å². The summed E-state index contributed by atoms with van der Waals surface area (Å²) in [5.41, 5.74) is 2.23. The van der Waals surface area contributed by atoms with Gasteiger partial charge in [0.25, 0.3) is 5.91 Å². The van der Waals surface area contributed by atoms with Gasteiger partial charge in [0.1, 0.15) is 6.04 Å². The number of rotatable bonds is 6. The maximum absolute atomic E-state index is 13.0. The highest BCUT2D eigenvalue weighted by atomic mass is 16.7. The van der Waals surface area contributed by atoms with Crippen LogP contribution in [0.15, 0.2) is 42.9 Å². The standard InChI is InChI=1S/C20H26N4O3/c25-20(24-8-4-5-10-27-24)19-14-22(13-18-12-21-16-23(18)19)9-11-26-15-17-6-2-1-3-7-17/h1-3,6-7,12,16,19H,4-5,8-11,13-15H2/t19-/m0/s1. The van der Waals surface area contributed by atoms with Gasteiger partial charge in [0.2, 0.25) is 0 Å². The monoisotopic (exact) mass is 370 g/mol. The molecule has 0 radical (unpaired) electrons. The first-order valence-corrected chi connectivity index (χ1v) is 9.60. The smallest absolute Gasteiger partial charge is 0.270 e. The minimum atomic E-state index is -0.288. The van der Waals surface area contributed by atoms with Gasteiger partial charge in [-0.15, -0.1) is 0 Å². The van der Waals surface area contributed by atoms with Crippen LogP contribution in [-0.4, -0.2) is 58.3 Å². The van der Waals surface area contributed by atoms with E-state index in [1.54, 1.807) is 6.33 Å². The van der Waals surface area contributed by atoms with Crippen molar-refractivity contribution in [2.45, 2.75) is 32.0 Å². The van der Waals surface area contributed by atoms with Crippen molar-refractivity contribution >= 4 is 5.91 Å². The third-order valence-electron chi connectivity index (χ3n) is 5.10. The Kier molecular flexibility index (Phi) is 5.81. The fourth-order valence-electron chi connectivity index (χ4n) is 3.62. The highest BCUT2D eigenvalue weighted by molar-refractivity contribution is 5.80. The number of benzene rings is 1. The average molecular weight is 370 g/mol. The molecule has 2 aliphatic rings. The summed E-state index contributed by atoms with van der Waals surface area (Å²) in [5.74, 6) is 0.0175. The molecule has 3 heterocycles. The number of hydrogen-bond donors (Lipinski definition) is 0. The lowest BCUT2D eigenvalue weighted by Gasteiger charge is -2.36. The minimum Gasteiger partial charge on any atom is -0.375 e. The van der Waals surface area contributed by atoms with Crippen LogP contribution in [0, 0.1) is 0 Å². The zero-order valence-electron chi connectivity index (χ0n) is 15.5. The van der Waals surface area contributed by atoms with Gasteiger partial charge in [-0.1, -0.05) is 30.3 Å². The first kappa shape index (κ1) is 18.2. The molecule has 1 aromatic carbocycles. The lowest BCUT2D eigenvalue weighted by molar-refractivity contribution is -0.201. The summed E-state index contributed by atoms with van der Waals surface area (Å²) in [6, 6.07) is 9.87. The number of carbonyl (C=O) groups excluding carboxylic acids is 1. The Labute approximate surface area is 159 Å². The highest BCUT2D eigenvalue weighted by Crippen LogP contribution is 2.24. The number of amides is 1. The zero-order chi connectivity index (χ0) is 18.5. The molecule has 7 nitrogen and oxygen atoms in total. The van der Waals surface area contributed by atoms with Gasteiger partial charge >= 0.3 is 0 Å². The Balaban J connectivity index is 1.34. The van der Waals surface area contributed by atoms with E-state index in [1.165, 1.54) is 10.6 Å². The molecule has 0 saturated carbocycles. The van der Waals surface area contributed by atoms with Crippen LogP contribution < -0.4 is 0 Å². The van der Waals surface area contributed by atoms with Crippen molar-refractivity contribution in [2.75, 3.05) is 32.8 Å². The number of ether oxygens (including phenoxy) is 1. The molecule has 2 aromatic rings. The predicted octanol–water partition coefficient (Wildman–Crippen LogP) is 2.01. The number of aromatic nitrogens is 2. The lowest BCUT2D eigenvalue weighted by Crippen LogP contribution is -2.47. The number of hydroxylamine groups is 2. The molecule has 0 spiro atoms. The molecule has 0 N–H and O–H groups in total. The summed E-state index contributed by atoms with van der Waals surface area (Å²) in [7, 11) is 0. The quantitative estimate of drug-likeness (QED) is 0.728. The second-order valence-corrected chi connectivity index (χ2v) is 7.06. The Morgan fingerprint density at radius 3 is 2.96 bits per heavy atom. The van der Waals surface area contributed by atoms with Crippen molar-refractivity contribution in [3.8, 4) is 0 Å². The predicted molar refractivity (Wildman–Crippen MR) is 99.5 cm³/mol. The van der Waals surface area contributed by atoms with Gasteiger partial charge in [-0.25, -0.2) is 10.0 Å². The largest absolute Gasteiger partial charge is 0.375 e. The average Bonchev–Trinajstić information content (AvgIpc) is 3.20. The molecule has 1 aromatic heterocycles. The third-order valence-corrected chi connectivity index (χ3v) is 5.10. The number of imidazole rings is 1. The summed E-state index contributed by atoms with van der Waals surface area (Å²) in [4.78, 5) is 25.0. The Bertz CT molecular complexity index is 743. The topological polar surface area (TPSA) is 59.8 Å². The summed E-state index contributed by atoms with van der Waals surface area (Å²) in [5, 5.41) is 1.54. The van der Waals surface area contributed by atoms with Crippen LogP contribution >= 0.6 is 0 Å². The molecular formula is C20H26N4O3. The molecule has 2 aliphatic heterocycles. The number of hydrogen-bond acceptors (Lipinski definition) is 5. The molecule has 1 fully saturated rings. The van der Waals surface area contributed by atoms with Crippen molar-refractivity contribution < 1.29 is 14.4 Å². The van der Waals surface area contributed by atoms with Crippen LogP contribution in [0.25, 0.3) is 0 Å². The van der Waals surface area contributed by atoms with Crippen molar-refractivity contribution in [3.63, 3.8) is 0 Å². The van der Waals surface area contributed by atoms with Crippen molar-refractivity contribution in [1.82, 2.24) is 19.5 Å². The number of fused-ring (bicyclic) bond motifs is 1. The van der Waals surface area contributed by atoms with Crippen LogP contribution in [0.5, 0.6) is 0 Å². The van der Waals surface area contributed by atoms with Crippen LogP contribution in [0.2, 0.25) is 0 Å². The van der Waals surface area contributed by atoms with Crippen molar-refractivity contribution in [2.24, 2.45) is 0 Å². The van der Waals surface area contributed by atoms with Crippen molar-refractivity contribution in [1.29, 1.82) is 0 Å². The van der Waals surface area contributed by atoms with Crippen LogP contribution in [0.4, 0.5) is 0 Å². The maximum Gasteiger partial charge on any atom is 0.270 e.